The van der Waals surface area contributed by atoms with E-state index < -0.39 is 0 Å². The third kappa shape index (κ3) is 3.71. The summed E-state index contributed by atoms with van der Waals surface area (Å²) in [6.07, 6.45) is 5.53. The number of nitrogens with one attached hydrogen (secondary N) is 1. The predicted octanol–water partition coefficient (Wildman–Crippen LogP) is 3.24. The van der Waals surface area contributed by atoms with Gasteiger partial charge in [0.15, 0.2) is 5.82 Å². The Bertz CT molecular complexity index is 1260. The van der Waals surface area contributed by atoms with E-state index in [2.05, 4.69) is 21.5 Å². The van der Waals surface area contributed by atoms with E-state index in [4.69, 9.17) is 19.6 Å². The number of methoxy groups -OCH3 is 2. The first-order valence-electron chi connectivity index (χ1n) is 10.5. The van der Waals surface area contributed by atoms with Crippen LogP contribution in [0.1, 0.15) is 11.3 Å². The fraction of sp³-hybridized carbons (Fsp3) is 0.304. The third-order valence-electron chi connectivity index (χ3n) is 5.60. The zero-order valence-corrected chi connectivity index (χ0v) is 18.4. The van der Waals surface area contributed by atoms with Crippen LogP contribution >= 0.6 is 0 Å². The van der Waals surface area contributed by atoms with Crippen LogP contribution in [0.15, 0.2) is 42.7 Å². The van der Waals surface area contributed by atoms with Crippen LogP contribution in [0.5, 0.6) is 5.75 Å². The van der Waals surface area contributed by atoms with Gasteiger partial charge in [0, 0.05) is 43.7 Å². The van der Waals surface area contributed by atoms with Crippen LogP contribution in [0.25, 0.3) is 22.5 Å². The first-order chi connectivity index (χ1) is 15.7. The molecule has 0 saturated carbocycles. The normalized spacial score (nSPS) is 12.3. The van der Waals surface area contributed by atoms with Crippen LogP contribution in [-0.4, -0.2) is 50.4 Å². The van der Waals surface area contributed by atoms with Gasteiger partial charge in [-0.1, -0.05) is 12.1 Å². The molecule has 0 bridgehead atoms. The molecule has 9 nitrogen and oxygen atoms in total. The topological polar surface area (TPSA) is 91.9 Å². The molecule has 1 N–H and O–H groups in total. The molecule has 164 valence electrons. The van der Waals surface area contributed by atoms with Crippen LogP contribution in [-0.2, 0) is 31.2 Å². The van der Waals surface area contributed by atoms with E-state index >= 15 is 0 Å². The highest BCUT2D eigenvalue weighted by Crippen LogP contribution is 2.40. The van der Waals surface area contributed by atoms with E-state index in [1.54, 1.807) is 14.2 Å². The molecule has 1 aliphatic carbocycles. The minimum atomic E-state index is 0.508. The van der Waals surface area contributed by atoms with E-state index in [0.717, 1.165) is 52.4 Å². The Morgan fingerprint density at radius 2 is 2.03 bits per heavy atom. The lowest BCUT2D eigenvalue weighted by Gasteiger charge is -2.17. The van der Waals surface area contributed by atoms with E-state index in [9.17, 15) is 0 Å². The Morgan fingerprint density at radius 3 is 2.88 bits per heavy atom. The summed E-state index contributed by atoms with van der Waals surface area (Å²) >= 11 is 0. The van der Waals surface area contributed by atoms with Crippen LogP contribution in [0.2, 0.25) is 0 Å². The van der Waals surface area contributed by atoms with Crippen molar-refractivity contribution in [2.24, 2.45) is 7.05 Å². The number of rotatable bonds is 7. The van der Waals surface area contributed by atoms with Crippen LogP contribution < -0.4 is 10.1 Å². The van der Waals surface area contributed by atoms with Gasteiger partial charge in [-0.2, -0.15) is 10.2 Å². The molecule has 0 spiro atoms. The number of hydrogen-bond donors (Lipinski definition) is 1. The lowest BCUT2D eigenvalue weighted by atomic mass is 9.91. The quantitative estimate of drug-likeness (QED) is 0.480. The average molecular weight is 432 g/mol. The van der Waals surface area contributed by atoms with Gasteiger partial charge in [-0.05, 0) is 30.5 Å². The number of hydrogen-bond acceptors (Lipinski definition) is 7. The zero-order chi connectivity index (χ0) is 22.1. The maximum atomic E-state index is 5.44. The molecule has 32 heavy (non-hydrogen) atoms. The molecule has 1 aliphatic rings. The van der Waals surface area contributed by atoms with Crippen molar-refractivity contribution in [2.75, 3.05) is 26.1 Å². The smallest absolute Gasteiger partial charge is 0.228 e. The first kappa shape index (κ1) is 20.2. The molecule has 3 heterocycles. The third-order valence-corrected chi connectivity index (χ3v) is 5.60. The molecule has 0 radical (unpaired) electrons. The van der Waals surface area contributed by atoms with Gasteiger partial charge in [-0.3, -0.25) is 9.36 Å². The monoisotopic (exact) mass is 431 g/mol. The van der Waals surface area contributed by atoms with Crippen molar-refractivity contribution in [3.05, 3.63) is 54.0 Å². The Hall–Kier alpha value is -3.72. The van der Waals surface area contributed by atoms with E-state index in [1.165, 1.54) is 0 Å². The van der Waals surface area contributed by atoms with Crippen LogP contribution in [0.3, 0.4) is 0 Å². The molecule has 0 aliphatic heterocycles. The number of ether oxygens (including phenoxy) is 2. The molecular formula is C23H25N7O2. The highest BCUT2D eigenvalue weighted by atomic mass is 16.5. The number of nitrogens with zero attached hydrogens (tertiary/aromatic N) is 6. The van der Waals surface area contributed by atoms with Crippen molar-refractivity contribution in [1.82, 2.24) is 29.5 Å². The lowest BCUT2D eigenvalue weighted by Crippen LogP contribution is -2.09. The second kappa shape index (κ2) is 8.43. The van der Waals surface area contributed by atoms with Crippen molar-refractivity contribution in [3.8, 4) is 28.3 Å². The van der Waals surface area contributed by atoms with Crippen LogP contribution in [0, 0.1) is 0 Å². The second-order valence-corrected chi connectivity index (χ2v) is 7.68. The number of benzene rings is 1. The Kier molecular flexibility index (Phi) is 5.32. The van der Waals surface area contributed by atoms with Crippen molar-refractivity contribution in [2.45, 2.75) is 19.4 Å². The van der Waals surface area contributed by atoms with Gasteiger partial charge in [-0.25, -0.2) is 9.97 Å². The summed E-state index contributed by atoms with van der Waals surface area (Å²) in [5.41, 5.74) is 6.19. The molecule has 0 fully saturated rings. The Morgan fingerprint density at radius 1 is 1.12 bits per heavy atom. The predicted molar refractivity (Wildman–Crippen MR) is 121 cm³/mol. The Labute approximate surface area is 186 Å². The van der Waals surface area contributed by atoms with Gasteiger partial charge >= 0.3 is 0 Å². The summed E-state index contributed by atoms with van der Waals surface area (Å²) in [4.78, 5) is 9.41. The maximum Gasteiger partial charge on any atom is 0.228 e. The number of anilines is 2. The van der Waals surface area contributed by atoms with E-state index in [-0.39, 0.29) is 0 Å². The van der Waals surface area contributed by atoms with Gasteiger partial charge in [0.1, 0.15) is 5.75 Å². The molecule has 0 amide bonds. The summed E-state index contributed by atoms with van der Waals surface area (Å²) < 4.78 is 14.3. The number of aromatic nitrogens is 6. The molecule has 1 aromatic carbocycles. The SMILES string of the molecule is COCCn1ccc(Nc2ncc3c(n2)-c2c(nn(C)c2-c2cccc(OC)c2)CC3)n1. The largest absolute Gasteiger partial charge is 0.497 e. The molecule has 5 rings (SSSR count). The molecule has 0 unspecified atom stereocenters. The van der Waals surface area contributed by atoms with Gasteiger partial charge in [0.25, 0.3) is 0 Å². The molecule has 0 atom stereocenters. The summed E-state index contributed by atoms with van der Waals surface area (Å²) in [5.74, 6) is 2.01. The summed E-state index contributed by atoms with van der Waals surface area (Å²) in [7, 11) is 5.32. The summed E-state index contributed by atoms with van der Waals surface area (Å²) in [6.45, 7) is 1.29. The van der Waals surface area contributed by atoms with Gasteiger partial charge in [0.05, 0.1) is 37.3 Å². The van der Waals surface area contributed by atoms with Gasteiger partial charge in [0.2, 0.25) is 5.95 Å². The van der Waals surface area contributed by atoms with Crippen molar-refractivity contribution >= 4 is 11.8 Å². The fourth-order valence-electron chi connectivity index (χ4n) is 4.08. The average Bonchev–Trinajstić information content (AvgIpc) is 3.40. The Balaban J connectivity index is 1.52. The molecule has 3 aromatic heterocycles. The minimum Gasteiger partial charge on any atom is -0.497 e. The lowest BCUT2D eigenvalue weighted by molar-refractivity contribution is 0.183. The number of aryl methyl sites for hydroxylation is 3. The number of fused-ring (bicyclic) bond motifs is 3. The minimum absolute atomic E-state index is 0.508. The molecule has 0 saturated heterocycles. The zero-order valence-electron chi connectivity index (χ0n) is 18.4. The van der Waals surface area contributed by atoms with E-state index in [1.807, 2.05) is 53.1 Å². The highest BCUT2D eigenvalue weighted by molar-refractivity contribution is 5.84. The van der Waals surface area contributed by atoms with Gasteiger partial charge in [-0.15, -0.1) is 0 Å². The summed E-state index contributed by atoms with van der Waals surface area (Å²) in [5, 5.41) is 12.5. The second-order valence-electron chi connectivity index (χ2n) is 7.68. The van der Waals surface area contributed by atoms with Gasteiger partial charge < -0.3 is 14.8 Å². The maximum absolute atomic E-state index is 5.44. The fourth-order valence-corrected chi connectivity index (χ4v) is 4.08. The molecule has 9 heteroatoms. The summed E-state index contributed by atoms with van der Waals surface area (Å²) in [6, 6.07) is 9.93. The molecule has 4 aromatic rings. The van der Waals surface area contributed by atoms with E-state index in [0.29, 0.717) is 24.9 Å². The standard InChI is InChI=1S/C23H25N7O2/c1-29-22(15-5-4-6-17(13-15)32-3)20-18(27-29)8-7-16-14-24-23(26-21(16)20)25-19-9-10-30(28-19)11-12-31-2/h4-6,9-10,13-14H,7-8,11-12H2,1-3H3,(H,24,25,26,28). The van der Waals surface area contributed by atoms with Crippen molar-refractivity contribution in [1.29, 1.82) is 0 Å². The van der Waals surface area contributed by atoms with Crippen molar-refractivity contribution in [3.63, 3.8) is 0 Å². The highest BCUT2D eigenvalue weighted by Gasteiger charge is 2.27. The first-order valence-corrected chi connectivity index (χ1v) is 10.5. The van der Waals surface area contributed by atoms with Crippen molar-refractivity contribution < 1.29 is 9.47 Å². The molecular weight excluding hydrogens is 406 g/mol. The van der Waals surface area contributed by atoms with Crippen LogP contribution in [0.4, 0.5) is 11.8 Å².